The van der Waals surface area contributed by atoms with Gasteiger partial charge in [-0.25, -0.2) is 0 Å². The fourth-order valence-corrected chi connectivity index (χ4v) is 2.01. The Morgan fingerprint density at radius 1 is 1.10 bits per heavy atom. The molecule has 10 heavy (non-hydrogen) atoms. The summed E-state index contributed by atoms with van der Waals surface area (Å²) in [5.41, 5.74) is 0. The predicted molar refractivity (Wildman–Crippen MR) is 35.5 cm³/mol. The van der Waals surface area contributed by atoms with E-state index in [9.17, 15) is 9.59 Å². The van der Waals surface area contributed by atoms with Crippen molar-refractivity contribution in [3.63, 3.8) is 0 Å². The molecule has 54 valence electrons. The summed E-state index contributed by atoms with van der Waals surface area (Å²) in [4.78, 5) is 22.1. The van der Waals surface area contributed by atoms with E-state index in [1.165, 1.54) is 0 Å². The van der Waals surface area contributed by atoms with E-state index < -0.39 is 0 Å². The predicted octanol–water partition coefficient (Wildman–Crippen LogP) is 0.945. The number of fused-ring (bicyclic) bond motifs is 2. The van der Waals surface area contributed by atoms with E-state index in [1.54, 1.807) is 0 Å². The van der Waals surface area contributed by atoms with Crippen molar-refractivity contribution in [2.24, 2.45) is 11.8 Å². The molecule has 2 aliphatic carbocycles. The third-order valence-corrected chi connectivity index (χ3v) is 2.67. The molecule has 0 saturated heterocycles. The number of hydrogen-bond donors (Lipinski definition) is 0. The molecule has 0 spiro atoms. The molecule has 0 aromatic rings. The molecule has 2 heteroatoms. The van der Waals surface area contributed by atoms with Crippen molar-refractivity contribution in [2.75, 3.05) is 0 Å². The number of Topliss-reactive ketones (excluding diaryl/α,β-unsaturated/α-hetero) is 2. The minimum Gasteiger partial charge on any atom is -0.299 e. The second-order valence-electron chi connectivity index (χ2n) is 3.30. The molecule has 0 heterocycles. The van der Waals surface area contributed by atoms with E-state index in [0.717, 1.165) is 12.8 Å². The Labute approximate surface area is 59.6 Å². The summed E-state index contributed by atoms with van der Waals surface area (Å²) in [6.07, 6.45) is 2.89. The first-order chi connectivity index (χ1) is 4.77. The second kappa shape index (κ2) is 1.91. The summed E-state index contributed by atoms with van der Waals surface area (Å²) in [5.74, 6) is 1.02. The molecule has 0 aromatic carbocycles. The lowest BCUT2D eigenvalue weighted by Gasteiger charge is -2.14. The van der Waals surface area contributed by atoms with Crippen LogP contribution in [0.25, 0.3) is 0 Å². The van der Waals surface area contributed by atoms with Crippen LogP contribution in [0.5, 0.6) is 0 Å². The van der Waals surface area contributed by atoms with Crippen LogP contribution in [0.4, 0.5) is 0 Å². The first-order valence-corrected chi connectivity index (χ1v) is 3.83. The molecule has 2 saturated carbocycles. The molecule has 0 amide bonds. The van der Waals surface area contributed by atoms with Crippen molar-refractivity contribution in [3.05, 3.63) is 0 Å². The van der Waals surface area contributed by atoms with E-state index >= 15 is 0 Å². The van der Waals surface area contributed by atoms with Crippen LogP contribution < -0.4 is 0 Å². The molecule has 0 N–H and O–H groups in total. The van der Waals surface area contributed by atoms with Crippen molar-refractivity contribution < 1.29 is 9.59 Å². The third-order valence-electron chi connectivity index (χ3n) is 2.67. The van der Waals surface area contributed by atoms with Crippen LogP contribution in [-0.2, 0) is 9.59 Å². The zero-order valence-corrected chi connectivity index (χ0v) is 5.80. The highest BCUT2D eigenvalue weighted by Crippen LogP contribution is 2.37. The van der Waals surface area contributed by atoms with Gasteiger partial charge in [0.05, 0.1) is 0 Å². The number of hydrogen-bond acceptors (Lipinski definition) is 2. The summed E-state index contributed by atoms with van der Waals surface area (Å²) in [7, 11) is 0. The van der Waals surface area contributed by atoms with Crippen molar-refractivity contribution in [1.82, 2.24) is 0 Å². The summed E-state index contributed by atoms with van der Waals surface area (Å²) >= 11 is 0. The maximum Gasteiger partial charge on any atom is 0.136 e. The first kappa shape index (κ1) is 6.08. The maximum absolute atomic E-state index is 11.0. The van der Waals surface area contributed by atoms with Crippen LogP contribution in [0, 0.1) is 11.8 Å². The van der Waals surface area contributed by atoms with Gasteiger partial charge in [-0.05, 0) is 12.8 Å². The SMILES string of the molecule is O=C1C[C@H]2C[C@H]1CCC2=O. The largest absolute Gasteiger partial charge is 0.299 e. The third kappa shape index (κ3) is 0.713. The molecule has 0 aromatic heterocycles. The average Bonchev–Trinajstić information content (AvgIpc) is 2.21. The van der Waals surface area contributed by atoms with E-state index in [4.69, 9.17) is 0 Å². The Balaban J connectivity index is 2.22. The van der Waals surface area contributed by atoms with Crippen LogP contribution >= 0.6 is 0 Å². The first-order valence-electron chi connectivity index (χ1n) is 3.83. The zero-order chi connectivity index (χ0) is 7.14. The maximum atomic E-state index is 11.0. The Bertz CT molecular complexity index is 193. The van der Waals surface area contributed by atoms with Gasteiger partial charge in [0.1, 0.15) is 11.6 Å². The van der Waals surface area contributed by atoms with Gasteiger partial charge in [0.2, 0.25) is 0 Å². The van der Waals surface area contributed by atoms with Crippen molar-refractivity contribution in [3.8, 4) is 0 Å². The lowest BCUT2D eigenvalue weighted by Crippen LogP contribution is -2.17. The van der Waals surface area contributed by atoms with Gasteiger partial charge in [0.25, 0.3) is 0 Å². The van der Waals surface area contributed by atoms with Gasteiger partial charge >= 0.3 is 0 Å². The van der Waals surface area contributed by atoms with Crippen molar-refractivity contribution in [2.45, 2.75) is 25.7 Å². The Kier molecular flexibility index (Phi) is 1.16. The molecule has 2 nitrogen and oxygen atoms in total. The van der Waals surface area contributed by atoms with Gasteiger partial charge in [-0.3, -0.25) is 9.59 Å². The van der Waals surface area contributed by atoms with Crippen molar-refractivity contribution >= 4 is 11.6 Å². The molecular formula is C8H10O2. The average molecular weight is 138 g/mol. The Morgan fingerprint density at radius 3 is 2.60 bits per heavy atom. The smallest absolute Gasteiger partial charge is 0.136 e. The number of ketones is 2. The molecule has 2 rings (SSSR count). The van der Waals surface area contributed by atoms with Gasteiger partial charge in [0, 0.05) is 24.7 Å². The van der Waals surface area contributed by atoms with Gasteiger partial charge in [-0.2, -0.15) is 0 Å². The van der Waals surface area contributed by atoms with Crippen LogP contribution in [0.2, 0.25) is 0 Å². The van der Waals surface area contributed by atoms with Gasteiger partial charge in [0.15, 0.2) is 0 Å². The minimum atomic E-state index is 0.117. The summed E-state index contributed by atoms with van der Waals surface area (Å²) < 4.78 is 0. The topological polar surface area (TPSA) is 34.1 Å². The van der Waals surface area contributed by atoms with Gasteiger partial charge in [-0.15, -0.1) is 0 Å². The molecule has 2 aliphatic rings. The monoisotopic (exact) mass is 138 g/mol. The molecule has 0 unspecified atom stereocenters. The quantitative estimate of drug-likeness (QED) is 0.499. The van der Waals surface area contributed by atoms with E-state index in [-0.39, 0.29) is 11.8 Å². The molecule has 2 atom stereocenters. The zero-order valence-electron chi connectivity index (χ0n) is 5.80. The summed E-state index contributed by atoms with van der Waals surface area (Å²) in [5, 5.41) is 0. The number of carbonyl (C=O) groups is 2. The highest BCUT2D eigenvalue weighted by Gasteiger charge is 2.39. The fraction of sp³-hybridized carbons (Fsp3) is 0.750. The lowest BCUT2D eigenvalue weighted by atomic mass is 9.88. The van der Waals surface area contributed by atoms with E-state index in [2.05, 4.69) is 0 Å². The number of carbonyl (C=O) groups excluding carboxylic acids is 2. The van der Waals surface area contributed by atoms with Crippen LogP contribution in [0.15, 0.2) is 0 Å². The van der Waals surface area contributed by atoms with Crippen LogP contribution in [0.3, 0.4) is 0 Å². The van der Waals surface area contributed by atoms with E-state index in [1.807, 2.05) is 0 Å². The molecule has 0 radical (unpaired) electrons. The highest BCUT2D eigenvalue weighted by molar-refractivity contribution is 5.94. The fourth-order valence-electron chi connectivity index (χ4n) is 2.01. The van der Waals surface area contributed by atoms with Gasteiger partial charge < -0.3 is 0 Å². The second-order valence-corrected chi connectivity index (χ2v) is 3.30. The minimum absolute atomic E-state index is 0.117. The molecule has 2 bridgehead atoms. The molecule has 2 fully saturated rings. The Hall–Kier alpha value is -0.660. The normalized spacial score (nSPS) is 38.8. The van der Waals surface area contributed by atoms with Crippen LogP contribution in [-0.4, -0.2) is 11.6 Å². The molecular weight excluding hydrogens is 128 g/mol. The standard InChI is InChI=1S/C8H10O2/c9-7-2-1-5-3-6(7)4-8(5)10/h5-6H,1-4H2/t5-,6-/m1/s1. The summed E-state index contributed by atoms with van der Waals surface area (Å²) in [6.45, 7) is 0. The number of rotatable bonds is 0. The highest BCUT2D eigenvalue weighted by atomic mass is 16.1. The molecule has 0 aliphatic heterocycles. The van der Waals surface area contributed by atoms with E-state index in [0.29, 0.717) is 24.4 Å². The van der Waals surface area contributed by atoms with Crippen molar-refractivity contribution in [1.29, 1.82) is 0 Å². The van der Waals surface area contributed by atoms with Gasteiger partial charge in [-0.1, -0.05) is 0 Å². The Morgan fingerprint density at radius 2 is 1.90 bits per heavy atom. The summed E-state index contributed by atoms with van der Waals surface area (Å²) in [6, 6.07) is 0. The van der Waals surface area contributed by atoms with Crippen LogP contribution in [0.1, 0.15) is 25.7 Å². The lowest BCUT2D eigenvalue weighted by molar-refractivity contribution is -0.124.